The number of fused-ring (bicyclic) bond motifs is 1. The van der Waals surface area contributed by atoms with E-state index in [1.165, 1.54) is 23.5 Å². The van der Waals surface area contributed by atoms with Crippen LogP contribution < -0.4 is 9.52 Å². The predicted molar refractivity (Wildman–Crippen MR) is 129 cm³/mol. The first kappa shape index (κ1) is 22.0. The van der Waals surface area contributed by atoms with Crippen molar-refractivity contribution in [3.63, 3.8) is 0 Å². The number of nitrogens with zero attached hydrogens (tertiary/aromatic N) is 2. The van der Waals surface area contributed by atoms with Crippen LogP contribution in [0.3, 0.4) is 0 Å². The second kappa shape index (κ2) is 8.37. The van der Waals surface area contributed by atoms with E-state index in [2.05, 4.69) is 21.8 Å². The molecule has 0 fully saturated rings. The van der Waals surface area contributed by atoms with Crippen LogP contribution in [0.4, 0.5) is 5.69 Å². The third-order valence-corrected chi connectivity index (χ3v) is 7.62. The van der Waals surface area contributed by atoms with Crippen LogP contribution in [-0.4, -0.2) is 18.9 Å². The van der Waals surface area contributed by atoms with Gasteiger partial charge in [0.05, 0.1) is 26.4 Å². The number of rotatable bonds is 4. The highest BCUT2D eigenvalue weighted by molar-refractivity contribution is 7.92. The molecule has 1 heterocycles. The number of hydrogen-bond acceptors (Lipinski definition) is 4. The van der Waals surface area contributed by atoms with Gasteiger partial charge in [-0.15, -0.1) is 0 Å². The van der Waals surface area contributed by atoms with Crippen molar-refractivity contribution in [1.29, 1.82) is 0 Å². The highest BCUT2D eigenvalue weighted by Crippen LogP contribution is 2.24. The number of carbonyl (C=O) groups is 1. The third-order valence-electron chi connectivity index (χ3n) is 5.16. The van der Waals surface area contributed by atoms with E-state index in [1.54, 1.807) is 36.4 Å². The SMILES string of the molecule is Cc1ccc(S(=O)(=O)Nc2ccccc2C(=O)N=c2sc3cc(C)cc(C)c3n2C)cc1. The lowest BCUT2D eigenvalue weighted by atomic mass is 10.1. The van der Waals surface area contributed by atoms with Gasteiger partial charge >= 0.3 is 0 Å². The zero-order valence-corrected chi connectivity index (χ0v) is 19.8. The number of anilines is 1. The zero-order chi connectivity index (χ0) is 23.0. The summed E-state index contributed by atoms with van der Waals surface area (Å²) >= 11 is 1.43. The molecule has 0 aliphatic carbocycles. The Morgan fingerprint density at radius 1 is 0.969 bits per heavy atom. The van der Waals surface area contributed by atoms with E-state index >= 15 is 0 Å². The summed E-state index contributed by atoms with van der Waals surface area (Å²) in [6.07, 6.45) is 0. The van der Waals surface area contributed by atoms with Crippen molar-refractivity contribution in [2.75, 3.05) is 4.72 Å². The fourth-order valence-corrected chi connectivity index (χ4v) is 5.89. The summed E-state index contributed by atoms with van der Waals surface area (Å²) in [6, 6.07) is 17.2. The zero-order valence-electron chi connectivity index (χ0n) is 18.2. The molecule has 4 rings (SSSR count). The van der Waals surface area contributed by atoms with Gasteiger partial charge in [0.1, 0.15) is 0 Å². The summed E-state index contributed by atoms with van der Waals surface area (Å²) < 4.78 is 31.1. The molecule has 0 spiro atoms. The largest absolute Gasteiger partial charge is 0.319 e. The number of nitrogens with one attached hydrogen (secondary N) is 1. The quantitative estimate of drug-likeness (QED) is 0.474. The third kappa shape index (κ3) is 4.24. The summed E-state index contributed by atoms with van der Waals surface area (Å²) in [5.41, 5.74) is 4.62. The van der Waals surface area contributed by atoms with Crippen molar-refractivity contribution >= 4 is 43.2 Å². The maximum Gasteiger partial charge on any atom is 0.281 e. The van der Waals surface area contributed by atoms with Crippen LogP contribution in [-0.2, 0) is 17.1 Å². The van der Waals surface area contributed by atoms with Crippen molar-refractivity contribution in [2.45, 2.75) is 25.7 Å². The Kier molecular flexibility index (Phi) is 5.75. The molecule has 4 aromatic rings. The van der Waals surface area contributed by atoms with Crippen molar-refractivity contribution in [3.8, 4) is 0 Å². The van der Waals surface area contributed by atoms with Gasteiger partial charge < -0.3 is 4.57 Å². The highest BCUT2D eigenvalue weighted by Gasteiger charge is 2.19. The smallest absolute Gasteiger partial charge is 0.281 e. The van der Waals surface area contributed by atoms with Gasteiger partial charge in [-0.05, 0) is 62.2 Å². The minimum atomic E-state index is -3.84. The first-order chi connectivity index (χ1) is 15.2. The van der Waals surface area contributed by atoms with Crippen LogP contribution in [0.5, 0.6) is 0 Å². The number of para-hydroxylation sites is 1. The van der Waals surface area contributed by atoms with Crippen LogP contribution in [0.1, 0.15) is 27.0 Å². The van der Waals surface area contributed by atoms with Crippen LogP contribution in [0, 0.1) is 20.8 Å². The number of aromatic nitrogens is 1. The van der Waals surface area contributed by atoms with E-state index in [1.807, 2.05) is 32.4 Å². The first-order valence-electron chi connectivity index (χ1n) is 10.00. The Bertz CT molecular complexity index is 1510. The van der Waals surface area contributed by atoms with E-state index in [9.17, 15) is 13.2 Å². The van der Waals surface area contributed by atoms with E-state index < -0.39 is 15.9 Å². The average Bonchev–Trinajstić information content (AvgIpc) is 3.03. The molecule has 0 aliphatic rings. The minimum Gasteiger partial charge on any atom is -0.319 e. The molecule has 164 valence electrons. The molecule has 0 unspecified atom stereocenters. The second-order valence-corrected chi connectivity index (χ2v) is 10.4. The number of amides is 1. The average molecular weight is 466 g/mol. The maximum absolute atomic E-state index is 13.1. The lowest BCUT2D eigenvalue weighted by Gasteiger charge is -2.11. The monoisotopic (exact) mass is 465 g/mol. The van der Waals surface area contributed by atoms with Crippen molar-refractivity contribution < 1.29 is 13.2 Å². The standard InChI is InChI=1S/C24H23N3O3S2/c1-15-9-11-18(12-10-15)32(29,30)26-20-8-6-5-7-19(20)23(28)25-24-27(4)22-17(3)13-16(2)14-21(22)31-24/h5-14,26H,1-4H3. The molecule has 0 aliphatic heterocycles. The Labute approximate surface area is 190 Å². The van der Waals surface area contributed by atoms with E-state index in [0.717, 1.165) is 26.9 Å². The van der Waals surface area contributed by atoms with Gasteiger partial charge in [-0.3, -0.25) is 9.52 Å². The maximum atomic E-state index is 13.1. The number of sulfonamides is 1. The summed E-state index contributed by atoms with van der Waals surface area (Å²) in [6.45, 7) is 5.95. The molecule has 1 amide bonds. The molecule has 0 bridgehead atoms. The number of carbonyl (C=O) groups excluding carboxylic acids is 1. The summed E-state index contributed by atoms with van der Waals surface area (Å²) in [7, 11) is -1.97. The predicted octanol–water partition coefficient (Wildman–Crippen LogP) is 4.71. The molecule has 0 atom stereocenters. The Morgan fingerprint density at radius 2 is 1.66 bits per heavy atom. The van der Waals surface area contributed by atoms with Crippen molar-refractivity contribution in [2.24, 2.45) is 12.0 Å². The van der Waals surface area contributed by atoms with Crippen LogP contribution in [0.2, 0.25) is 0 Å². The molecule has 3 aromatic carbocycles. The van der Waals surface area contributed by atoms with Gasteiger partial charge in [0.2, 0.25) is 0 Å². The topological polar surface area (TPSA) is 80.5 Å². The minimum absolute atomic E-state index is 0.129. The number of thiazole rings is 1. The Balaban J connectivity index is 1.74. The molecule has 0 saturated carbocycles. The van der Waals surface area contributed by atoms with Crippen molar-refractivity contribution in [1.82, 2.24) is 4.57 Å². The van der Waals surface area contributed by atoms with Crippen LogP contribution in [0.25, 0.3) is 10.2 Å². The Morgan fingerprint density at radius 3 is 2.38 bits per heavy atom. The van der Waals surface area contributed by atoms with E-state index in [0.29, 0.717) is 4.80 Å². The van der Waals surface area contributed by atoms with Crippen LogP contribution >= 0.6 is 11.3 Å². The first-order valence-corrected chi connectivity index (χ1v) is 12.3. The van der Waals surface area contributed by atoms with Gasteiger partial charge in [0.15, 0.2) is 4.80 Å². The fourth-order valence-electron chi connectivity index (χ4n) is 3.62. The number of hydrogen-bond donors (Lipinski definition) is 1. The van der Waals surface area contributed by atoms with Gasteiger partial charge in [-0.25, -0.2) is 8.42 Å². The van der Waals surface area contributed by atoms with E-state index in [-0.39, 0.29) is 16.1 Å². The number of benzene rings is 3. The molecule has 32 heavy (non-hydrogen) atoms. The molecular formula is C24H23N3O3S2. The molecular weight excluding hydrogens is 442 g/mol. The van der Waals surface area contributed by atoms with Gasteiger partial charge in [0, 0.05) is 7.05 Å². The lowest BCUT2D eigenvalue weighted by Crippen LogP contribution is -2.17. The highest BCUT2D eigenvalue weighted by atomic mass is 32.2. The summed E-state index contributed by atoms with van der Waals surface area (Å²) in [5.74, 6) is -0.510. The Hall–Kier alpha value is -3.23. The van der Waals surface area contributed by atoms with Crippen LogP contribution in [0.15, 0.2) is 70.6 Å². The van der Waals surface area contributed by atoms with Gasteiger partial charge in [0.25, 0.3) is 15.9 Å². The normalized spacial score (nSPS) is 12.3. The molecule has 0 saturated heterocycles. The molecule has 6 nitrogen and oxygen atoms in total. The fraction of sp³-hybridized carbons (Fsp3) is 0.167. The molecule has 8 heteroatoms. The van der Waals surface area contributed by atoms with E-state index in [4.69, 9.17) is 0 Å². The summed E-state index contributed by atoms with van der Waals surface area (Å²) in [5, 5.41) is 0. The lowest BCUT2D eigenvalue weighted by molar-refractivity contribution is 0.0999. The van der Waals surface area contributed by atoms with Gasteiger partial charge in [-0.1, -0.05) is 47.2 Å². The van der Waals surface area contributed by atoms with Crippen molar-refractivity contribution in [3.05, 3.63) is 87.7 Å². The molecule has 1 aromatic heterocycles. The molecule has 1 N–H and O–H groups in total. The second-order valence-electron chi connectivity index (χ2n) is 7.75. The summed E-state index contributed by atoms with van der Waals surface area (Å²) in [4.78, 5) is 18.1. The number of aryl methyl sites for hydroxylation is 4. The molecule has 0 radical (unpaired) electrons. The van der Waals surface area contributed by atoms with Gasteiger partial charge in [-0.2, -0.15) is 4.99 Å².